The molecule has 0 aromatic heterocycles. The van der Waals surface area contributed by atoms with E-state index in [1.807, 2.05) is 0 Å². The average molecular weight is 439 g/mol. The van der Waals surface area contributed by atoms with E-state index in [0.717, 1.165) is 0 Å². The molecule has 0 rings (SSSR count). The van der Waals surface area contributed by atoms with Crippen LogP contribution < -0.4 is 0 Å². The molecule has 0 aliphatic heterocycles. The van der Waals surface area contributed by atoms with Crippen LogP contribution in [0.15, 0.2) is 0 Å². The van der Waals surface area contributed by atoms with Crippen molar-refractivity contribution in [2.45, 2.75) is 28.4 Å². The van der Waals surface area contributed by atoms with E-state index in [1.165, 1.54) is 6.26 Å². The molecule has 0 aromatic rings. The first-order chi connectivity index (χ1) is 9.34. The van der Waals surface area contributed by atoms with Gasteiger partial charge >= 0.3 is 11.0 Å². The summed E-state index contributed by atoms with van der Waals surface area (Å²) in [5.74, 6) is -0.326. The zero-order chi connectivity index (χ0) is 18.2. The van der Waals surface area contributed by atoms with Gasteiger partial charge in [0.15, 0.2) is 4.58 Å². The van der Waals surface area contributed by atoms with Crippen LogP contribution in [0.5, 0.6) is 0 Å². The minimum atomic E-state index is -6.58. The highest BCUT2D eigenvalue weighted by atomic mass is 36.0. The number of sulfone groups is 2. The molecular weight excluding hydrogens is 429 g/mol. The third-order valence-electron chi connectivity index (χ3n) is 2.28. The van der Waals surface area contributed by atoms with E-state index in [9.17, 15) is 43.2 Å². The molecule has 0 N–H and O–H groups in total. The van der Waals surface area contributed by atoms with Gasteiger partial charge in [-0.1, -0.05) is 29.8 Å². The van der Waals surface area contributed by atoms with E-state index in [2.05, 4.69) is 0 Å². The summed E-state index contributed by atoms with van der Waals surface area (Å²) in [6.07, 6.45) is -0.832. The van der Waals surface area contributed by atoms with Crippen molar-refractivity contribution in [3.63, 3.8) is 0 Å². The topological polar surface area (TPSA) is 68.3 Å². The maximum absolute atomic E-state index is 12.4. The Morgan fingerprint density at radius 3 is 1.41 bits per heavy atom. The molecule has 0 saturated carbocycles. The highest BCUT2D eigenvalue weighted by molar-refractivity contribution is 8.65. The summed E-state index contributed by atoms with van der Waals surface area (Å²) in [5, 5.41) is 0. The lowest BCUT2D eigenvalue weighted by molar-refractivity contribution is -0.0472. The number of hydrogen-bond acceptors (Lipinski definition) is 4. The van der Waals surface area contributed by atoms with Crippen molar-refractivity contribution < 1.29 is 43.2 Å². The van der Waals surface area contributed by atoms with Crippen LogP contribution in [0.25, 0.3) is 0 Å². The number of hydrogen-bond donors (Lipinski definition) is 0. The fraction of sp³-hybridized carbons (Fsp3) is 1.00. The molecule has 15 heteroatoms. The Morgan fingerprint density at radius 2 is 1.18 bits per heavy atom. The van der Waals surface area contributed by atoms with Gasteiger partial charge < -0.3 is 0 Å². The van der Waals surface area contributed by atoms with Crippen molar-refractivity contribution in [2.24, 2.45) is 0 Å². The maximum Gasteiger partial charge on any atom is 0.498 e. The molecule has 0 spiro atoms. The molecule has 22 heavy (non-hydrogen) atoms. The van der Waals surface area contributed by atoms with Crippen LogP contribution in [0, 0.1) is 0 Å². The lowest BCUT2D eigenvalue weighted by Gasteiger charge is -2.23. The van der Waals surface area contributed by atoms with Gasteiger partial charge in [0.05, 0.1) is 0 Å². The van der Waals surface area contributed by atoms with Gasteiger partial charge in [0.2, 0.25) is 0 Å². The first-order valence-electron chi connectivity index (χ1n) is 5.09. The Kier molecular flexibility index (Phi) is 6.85. The number of rotatable bonds is 6. The van der Waals surface area contributed by atoms with Crippen LogP contribution in [-0.4, -0.2) is 44.4 Å². The molecule has 0 saturated heterocycles. The van der Waals surface area contributed by atoms with Crippen LogP contribution in [-0.2, 0) is 19.7 Å². The summed E-state index contributed by atoms with van der Waals surface area (Å²) in [4.78, 5) is 0. The predicted molar refractivity (Wildman–Crippen MR) is 73.1 cm³/mol. The summed E-state index contributed by atoms with van der Waals surface area (Å²) >= 11 is 0. The molecule has 0 fully saturated rings. The molecule has 0 bridgehead atoms. The van der Waals surface area contributed by atoms with Gasteiger partial charge in [-0.2, -0.15) is 26.3 Å². The molecule has 0 amide bonds. The van der Waals surface area contributed by atoms with Crippen molar-refractivity contribution in [1.29, 1.82) is 0 Å². The van der Waals surface area contributed by atoms with Crippen LogP contribution >= 0.6 is 29.8 Å². The molecular formula is C7H10Cl2F6O4S3. The highest BCUT2D eigenvalue weighted by Crippen LogP contribution is 2.55. The zero-order valence-corrected chi connectivity index (χ0v) is 14.5. The van der Waals surface area contributed by atoms with E-state index < -0.39 is 56.6 Å². The van der Waals surface area contributed by atoms with Gasteiger partial charge in [0.1, 0.15) is 0 Å². The van der Waals surface area contributed by atoms with Crippen LogP contribution in [0.3, 0.4) is 0 Å². The molecule has 0 atom stereocenters. The zero-order valence-electron chi connectivity index (χ0n) is 10.6. The van der Waals surface area contributed by atoms with Crippen molar-refractivity contribution >= 4 is 49.5 Å². The summed E-state index contributed by atoms with van der Waals surface area (Å²) in [6, 6.07) is 0. The van der Waals surface area contributed by atoms with Gasteiger partial charge in [-0.05, 0) is 19.1 Å². The van der Waals surface area contributed by atoms with Gasteiger partial charge in [-0.15, -0.1) is 0 Å². The lowest BCUT2D eigenvalue weighted by Crippen LogP contribution is -2.44. The van der Waals surface area contributed by atoms with Crippen LogP contribution in [0.2, 0.25) is 0 Å². The molecule has 0 unspecified atom stereocenters. The maximum atomic E-state index is 12.4. The summed E-state index contributed by atoms with van der Waals surface area (Å²) in [5.41, 5.74) is -12.3. The summed E-state index contributed by atoms with van der Waals surface area (Å²) in [7, 11) is -4.49. The second kappa shape index (κ2) is 6.73. The number of halogens is 8. The molecule has 0 aromatic carbocycles. The Labute approximate surface area is 133 Å². The Morgan fingerprint density at radius 1 is 0.864 bits per heavy atom. The fourth-order valence-electron chi connectivity index (χ4n) is 1.28. The van der Waals surface area contributed by atoms with Crippen molar-refractivity contribution in [1.82, 2.24) is 0 Å². The van der Waals surface area contributed by atoms with Gasteiger partial charge in [-0.3, -0.25) is 0 Å². The smallest absolute Gasteiger partial charge is 0.218 e. The van der Waals surface area contributed by atoms with Gasteiger partial charge in [0.25, 0.3) is 19.7 Å². The second-order valence-corrected chi connectivity index (χ2v) is 15.4. The average Bonchev–Trinajstić information content (AvgIpc) is 2.18. The first-order valence-corrected chi connectivity index (χ1v) is 12.0. The summed E-state index contributed by atoms with van der Waals surface area (Å²) in [6.45, 7) is 0. The number of alkyl halides is 6. The van der Waals surface area contributed by atoms with Crippen molar-refractivity contribution in [3.05, 3.63) is 0 Å². The van der Waals surface area contributed by atoms with Crippen LogP contribution in [0.4, 0.5) is 26.3 Å². The Balaban J connectivity index is 5.76. The first kappa shape index (κ1) is 22.4. The highest BCUT2D eigenvalue weighted by Gasteiger charge is 2.62. The molecule has 0 radical (unpaired) electrons. The quantitative estimate of drug-likeness (QED) is 0.592. The van der Waals surface area contributed by atoms with E-state index in [1.54, 1.807) is 0 Å². The Bertz CT molecular complexity index is 545. The Hall–Kier alpha value is 0.410. The van der Waals surface area contributed by atoms with Crippen molar-refractivity contribution in [3.8, 4) is 0 Å². The molecule has 4 nitrogen and oxygen atoms in total. The molecule has 136 valence electrons. The largest absolute Gasteiger partial charge is 0.498 e. The monoisotopic (exact) mass is 438 g/mol. The van der Waals surface area contributed by atoms with Gasteiger partial charge in [-0.25, -0.2) is 16.8 Å². The third-order valence-corrected chi connectivity index (χ3v) is 8.88. The predicted octanol–water partition coefficient (Wildman–Crippen LogP) is 3.70. The van der Waals surface area contributed by atoms with E-state index >= 15 is 0 Å². The third kappa shape index (κ3) is 5.49. The second-order valence-electron chi connectivity index (χ2n) is 4.13. The van der Waals surface area contributed by atoms with E-state index in [4.69, 9.17) is 21.4 Å². The summed E-state index contributed by atoms with van der Waals surface area (Å²) < 4.78 is 115. The lowest BCUT2D eigenvalue weighted by atomic mass is 10.4. The minimum Gasteiger partial charge on any atom is -0.218 e. The van der Waals surface area contributed by atoms with Gasteiger partial charge in [0, 0.05) is 5.75 Å². The standard InChI is InChI=1S/C7H10Cl2F6O4S3/c1-20(8,9)4-2-3-5(21(16,17)6(10,11)12)22(18,19)7(13,14)15/h5H,2-4H2,1H3. The van der Waals surface area contributed by atoms with Crippen LogP contribution in [0.1, 0.15) is 12.8 Å². The fourth-order valence-corrected chi connectivity index (χ4v) is 6.15. The SMILES string of the molecule is CS(Cl)(Cl)CCCC(S(=O)(=O)C(F)(F)F)S(=O)(=O)C(F)(F)F. The normalized spacial score (nSPS) is 16.1. The molecule has 0 heterocycles. The van der Waals surface area contributed by atoms with E-state index in [0.29, 0.717) is 0 Å². The van der Waals surface area contributed by atoms with E-state index in [-0.39, 0.29) is 5.75 Å². The minimum absolute atomic E-state index is 0.326. The molecule has 0 aliphatic rings. The van der Waals surface area contributed by atoms with Crippen molar-refractivity contribution in [2.75, 3.05) is 12.0 Å². The molecule has 0 aliphatic carbocycles.